The molecule has 17 heavy (non-hydrogen) atoms. The summed E-state index contributed by atoms with van der Waals surface area (Å²) in [6, 6.07) is 0.911. The molecule has 1 rings (SSSR count). The number of nitrogens with two attached hydrogens (primary N) is 1. The van der Waals surface area contributed by atoms with Gasteiger partial charge in [0.25, 0.3) is 0 Å². The van der Waals surface area contributed by atoms with E-state index in [2.05, 4.69) is 31.9 Å². The zero-order valence-corrected chi connectivity index (χ0v) is 11.3. The van der Waals surface area contributed by atoms with Gasteiger partial charge in [-0.1, -0.05) is 15.9 Å². The van der Waals surface area contributed by atoms with Gasteiger partial charge in [0.15, 0.2) is 6.10 Å². The van der Waals surface area contributed by atoms with Crippen molar-refractivity contribution in [2.45, 2.75) is 18.3 Å². The molecule has 0 heterocycles. The van der Waals surface area contributed by atoms with Gasteiger partial charge in [-0.3, -0.25) is 0 Å². The van der Waals surface area contributed by atoms with Gasteiger partial charge in [0.05, 0.1) is 10.5 Å². The zero-order chi connectivity index (χ0) is 13.4. The average molecular weight is 379 g/mol. The second-order valence-electron chi connectivity index (χ2n) is 3.34. The van der Waals surface area contributed by atoms with Gasteiger partial charge in [0.1, 0.15) is 5.75 Å². The van der Waals surface area contributed by atoms with Gasteiger partial charge in [-0.05, 0) is 28.1 Å². The molecule has 0 amide bonds. The number of aliphatic hydroxyl groups excluding tert-OH is 1. The van der Waals surface area contributed by atoms with Crippen molar-refractivity contribution in [1.82, 2.24) is 0 Å². The third-order valence-electron chi connectivity index (χ3n) is 2.09. The van der Waals surface area contributed by atoms with Crippen LogP contribution in [0.5, 0.6) is 5.75 Å². The first-order valence-corrected chi connectivity index (χ1v) is 5.91. The van der Waals surface area contributed by atoms with E-state index in [4.69, 9.17) is 10.8 Å². The Hall–Kier alpha value is -0.310. The van der Waals surface area contributed by atoms with E-state index >= 15 is 0 Å². The van der Waals surface area contributed by atoms with Crippen LogP contribution in [-0.2, 0) is 0 Å². The molecule has 0 unspecified atom stereocenters. The zero-order valence-electron chi connectivity index (χ0n) is 8.17. The molecule has 0 bridgehead atoms. The van der Waals surface area contributed by atoms with Crippen molar-refractivity contribution >= 4 is 31.9 Å². The smallest absolute Gasteiger partial charge is 0.416 e. The lowest BCUT2D eigenvalue weighted by molar-refractivity contribution is -0.210. The van der Waals surface area contributed by atoms with Crippen molar-refractivity contribution in [2.75, 3.05) is 0 Å². The fourth-order valence-electron chi connectivity index (χ4n) is 1.21. The predicted octanol–water partition coefficient (Wildman–Crippen LogP) is 2.84. The van der Waals surface area contributed by atoms with E-state index in [1.807, 2.05) is 0 Å². The van der Waals surface area contributed by atoms with Crippen LogP contribution in [-0.4, -0.2) is 22.5 Å². The van der Waals surface area contributed by atoms with Gasteiger partial charge in [-0.2, -0.15) is 13.2 Å². The predicted molar refractivity (Wildman–Crippen MR) is 62.5 cm³/mol. The topological polar surface area (TPSA) is 66.5 Å². The van der Waals surface area contributed by atoms with E-state index in [1.54, 1.807) is 0 Å². The molecular formula is C9H8Br2F3NO2. The summed E-state index contributed by atoms with van der Waals surface area (Å²) in [7, 11) is 0. The van der Waals surface area contributed by atoms with Crippen molar-refractivity contribution in [3.8, 4) is 5.75 Å². The Labute approximate surface area is 112 Å². The third-order valence-corrected chi connectivity index (χ3v) is 3.15. The molecular weight excluding hydrogens is 371 g/mol. The van der Waals surface area contributed by atoms with E-state index < -0.39 is 24.1 Å². The minimum atomic E-state index is -4.85. The molecule has 0 aliphatic carbocycles. The SMILES string of the molecule is N[C@@H](c1cc(Br)cc(Br)c1O)[C@H](O)C(F)(F)F. The maximum absolute atomic E-state index is 12.3. The summed E-state index contributed by atoms with van der Waals surface area (Å²) in [5, 5.41) is 18.6. The highest BCUT2D eigenvalue weighted by atomic mass is 79.9. The molecule has 8 heteroatoms. The van der Waals surface area contributed by atoms with Crippen LogP contribution in [0, 0.1) is 0 Å². The molecule has 4 N–H and O–H groups in total. The Bertz CT molecular complexity index is 425. The molecule has 0 aliphatic heterocycles. The molecule has 96 valence electrons. The monoisotopic (exact) mass is 377 g/mol. The number of aliphatic hydroxyl groups is 1. The van der Waals surface area contributed by atoms with Crippen molar-refractivity contribution in [3.05, 3.63) is 26.6 Å². The molecule has 1 aromatic rings. The number of aromatic hydroxyl groups is 1. The number of alkyl halides is 3. The first kappa shape index (κ1) is 14.7. The molecule has 0 aromatic heterocycles. The van der Waals surface area contributed by atoms with Crippen LogP contribution in [0.3, 0.4) is 0 Å². The van der Waals surface area contributed by atoms with E-state index in [1.165, 1.54) is 12.1 Å². The third kappa shape index (κ3) is 3.34. The summed E-state index contributed by atoms with van der Waals surface area (Å²) in [5.41, 5.74) is 5.09. The fourth-order valence-corrected chi connectivity index (χ4v) is 2.47. The number of rotatable bonds is 2. The molecule has 0 spiro atoms. The molecule has 0 fully saturated rings. The van der Waals surface area contributed by atoms with E-state index in [0.29, 0.717) is 4.47 Å². The molecule has 2 atom stereocenters. The number of phenols is 1. The number of hydrogen-bond donors (Lipinski definition) is 3. The molecule has 0 radical (unpaired) electrons. The van der Waals surface area contributed by atoms with Crippen LogP contribution < -0.4 is 5.73 Å². The van der Waals surface area contributed by atoms with Gasteiger partial charge in [0, 0.05) is 10.0 Å². The highest BCUT2D eigenvalue weighted by Crippen LogP contribution is 2.38. The van der Waals surface area contributed by atoms with Crippen LogP contribution in [0.2, 0.25) is 0 Å². The summed E-state index contributed by atoms with van der Waals surface area (Å²) in [4.78, 5) is 0. The molecule has 0 saturated heterocycles. The molecule has 3 nitrogen and oxygen atoms in total. The summed E-state index contributed by atoms with van der Waals surface area (Å²) >= 11 is 6.02. The van der Waals surface area contributed by atoms with E-state index in [9.17, 15) is 18.3 Å². The summed E-state index contributed by atoms with van der Waals surface area (Å²) < 4.78 is 37.5. The maximum atomic E-state index is 12.3. The number of phenolic OH excluding ortho intramolecular Hbond substituents is 1. The molecule has 0 aliphatic rings. The first-order valence-electron chi connectivity index (χ1n) is 4.33. The van der Waals surface area contributed by atoms with Crippen LogP contribution in [0.15, 0.2) is 21.1 Å². The minimum Gasteiger partial charge on any atom is -0.506 e. The first-order chi connectivity index (χ1) is 7.64. The van der Waals surface area contributed by atoms with E-state index in [-0.39, 0.29) is 10.0 Å². The number of halogens is 5. The summed E-state index contributed by atoms with van der Waals surface area (Å²) in [6.07, 6.45) is -7.59. The minimum absolute atomic E-state index is 0.187. The second kappa shape index (κ2) is 5.13. The second-order valence-corrected chi connectivity index (χ2v) is 5.11. The van der Waals surface area contributed by atoms with Gasteiger partial charge in [0.2, 0.25) is 0 Å². The molecule has 1 aromatic carbocycles. The van der Waals surface area contributed by atoms with Gasteiger partial charge < -0.3 is 15.9 Å². The molecule has 0 saturated carbocycles. The highest BCUT2D eigenvalue weighted by molar-refractivity contribution is 9.11. The quantitative estimate of drug-likeness (QED) is 0.741. The Kier molecular flexibility index (Phi) is 4.45. The van der Waals surface area contributed by atoms with Crippen LogP contribution in [0.1, 0.15) is 11.6 Å². The largest absolute Gasteiger partial charge is 0.506 e. The van der Waals surface area contributed by atoms with Gasteiger partial charge in [-0.25, -0.2) is 0 Å². The van der Waals surface area contributed by atoms with Crippen LogP contribution >= 0.6 is 31.9 Å². The van der Waals surface area contributed by atoms with Crippen molar-refractivity contribution < 1.29 is 23.4 Å². The Morgan fingerprint density at radius 2 is 1.76 bits per heavy atom. The lowest BCUT2D eigenvalue weighted by atomic mass is 10.0. The average Bonchev–Trinajstić information content (AvgIpc) is 2.20. The van der Waals surface area contributed by atoms with Gasteiger partial charge in [-0.15, -0.1) is 0 Å². The lowest BCUT2D eigenvalue weighted by Crippen LogP contribution is -2.38. The van der Waals surface area contributed by atoms with Gasteiger partial charge >= 0.3 is 6.18 Å². The van der Waals surface area contributed by atoms with Crippen molar-refractivity contribution in [2.24, 2.45) is 5.73 Å². The van der Waals surface area contributed by atoms with Crippen molar-refractivity contribution in [1.29, 1.82) is 0 Å². The highest BCUT2D eigenvalue weighted by Gasteiger charge is 2.43. The normalized spacial score (nSPS) is 15.7. The Balaban J connectivity index is 3.17. The fraction of sp³-hybridized carbons (Fsp3) is 0.333. The number of hydrogen-bond acceptors (Lipinski definition) is 3. The van der Waals surface area contributed by atoms with Crippen LogP contribution in [0.4, 0.5) is 13.2 Å². The Morgan fingerprint density at radius 3 is 2.24 bits per heavy atom. The summed E-state index contributed by atoms with van der Waals surface area (Å²) in [5.74, 6) is -0.427. The number of benzene rings is 1. The van der Waals surface area contributed by atoms with Crippen LogP contribution in [0.25, 0.3) is 0 Å². The van der Waals surface area contributed by atoms with Crippen molar-refractivity contribution in [3.63, 3.8) is 0 Å². The maximum Gasteiger partial charge on any atom is 0.416 e. The lowest BCUT2D eigenvalue weighted by Gasteiger charge is -2.22. The summed E-state index contributed by atoms with van der Waals surface area (Å²) in [6.45, 7) is 0. The standard InChI is InChI=1S/C9H8Br2F3NO2/c10-3-1-4(7(16)5(11)2-3)6(15)8(17)9(12,13)14/h1-2,6,8,16-17H,15H2/t6-,8-/m0/s1. The van der Waals surface area contributed by atoms with E-state index in [0.717, 1.165) is 0 Å². The Morgan fingerprint density at radius 1 is 1.24 bits per heavy atom.